The van der Waals surface area contributed by atoms with E-state index in [2.05, 4.69) is 10.4 Å². The Hall–Kier alpha value is -1.62. The summed E-state index contributed by atoms with van der Waals surface area (Å²) in [5.41, 5.74) is 2.45. The third-order valence-corrected chi connectivity index (χ3v) is 4.50. The van der Waals surface area contributed by atoms with Gasteiger partial charge in [-0.05, 0) is 30.7 Å². The molecule has 0 aromatic carbocycles. The quantitative estimate of drug-likeness (QED) is 0.933. The van der Waals surface area contributed by atoms with Crippen LogP contribution in [0.1, 0.15) is 35.0 Å². The van der Waals surface area contributed by atoms with Crippen LogP contribution < -0.4 is 5.32 Å². The molecule has 0 spiro atoms. The first-order valence-corrected chi connectivity index (χ1v) is 7.44. The summed E-state index contributed by atoms with van der Waals surface area (Å²) in [7, 11) is 1.97. The van der Waals surface area contributed by atoms with Crippen molar-refractivity contribution in [2.45, 2.75) is 31.7 Å². The van der Waals surface area contributed by atoms with Crippen molar-refractivity contribution in [2.24, 2.45) is 7.05 Å². The van der Waals surface area contributed by atoms with E-state index in [1.165, 1.54) is 11.3 Å². The number of nitrogens with one attached hydrogen (secondary N) is 1. The first-order chi connectivity index (χ1) is 9.24. The summed E-state index contributed by atoms with van der Waals surface area (Å²) >= 11 is 1.63. The zero-order chi connectivity index (χ0) is 13.2. The van der Waals surface area contributed by atoms with E-state index < -0.39 is 0 Å². The van der Waals surface area contributed by atoms with E-state index in [0.717, 1.165) is 24.1 Å². The van der Waals surface area contributed by atoms with Crippen molar-refractivity contribution in [2.75, 3.05) is 0 Å². The summed E-state index contributed by atoms with van der Waals surface area (Å²) in [6.45, 7) is 0. The largest absolute Gasteiger partial charge is 0.349 e. The molecule has 1 amide bonds. The summed E-state index contributed by atoms with van der Waals surface area (Å²) in [5.74, 6) is 0.101. The number of carbonyl (C=O) groups is 1. The molecule has 0 saturated carbocycles. The minimum atomic E-state index is 0.101. The molecule has 0 fully saturated rings. The minimum Gasteiger partial charge on any atom is -0.349 e. The Morgan fingerprint density at radius 3 is 3.32 bits per heavy atom. The van der Waals surface area contributed by atoms with Crippen LogP contribution in [0.4, 0.5) is 0 Å². The number of aromatic nitrogens is 2. The molecule has 4 nitrogen and oxygen atoms in total. The van der Waals surface area contributed by atoms with Crippen molar-refractivity contribution < 1.29 is 4.79 Å². The first kappa shape index (κ1) is 12.4. The SMILES string of the molecule is Cn1ncc2c1CCC[C@@H]2NC(=O)Cc1cccs1. The molecular weight excluding hydrogens is 258 g/mol. The van der Waals surface area contributed by atoms with Crippen LogP contribution in [-0.2, 0) is 24.7 Å². The lowest BCUT2D eigenvalue weighted by molar-refractivity contribution is -0.121. The van der Waals surface area contributed by atoms with Gasteiger partial charge in [0.1, 0.15) is 0 Å². The van der Waals surface area contributed by atoms with Crippen molar-refractivity contribution in [1.82, 2.24) is 15.1 Å². The molecular formula is C14H17N3OS. The predicted molar refractivity (Wildman–Crippen MR) is 75.1 cm³/mol. The van der Waals surface area contributed by atoms with Crippen LogP contribution in [0.5, 0.6) is 0 Å². The van der Waals surface area contributed by atoms with E-state index in [-0.39, 0.29) is 11.9 Å². The Kier molecular flexibility index (Phi) is 3.38. The summed E-state index contributed by atoms with van der Waals surface area (Å²) in [6, 6.07) is 4.11. The van der Waals surface area contributed by atoms with Gasteiger partial charge in [0.15, 0.2) is 0 Å². The average molecular weight is 275 g/mol. The van der Waals surface area contributed by atoms with E-state index in [4.69, 9.17) is 0 Å². The maximum Gasteiger partial charge on any atom is 0.225 e. The maximum absolute atomic E-state index is 12.1. The van der Waals surface area contributed by atoms with E-state index >= 15 is 0 Å². The fourth-order valence-electron chi connectivity index (χ4n) is 2.67. The van der Waals surface area contributed by atoms with Crippen LogP contribution in [0.15, 0.2) is 23.7 Å². The Balaban J connectivity index is 1.69. The van der Waals surface area contributed by atoms with Gasteiger partial charge in [0, 0.05) is 23.2 Å². The van der Waals surface area contributed by atoms with Crippen molar-refractivity contribution in [3.05, 3.63) is 39.8 Å². The summed E-state index contributed by atoms with van der Waals surface area (Å²) < 4.78 is 1.92. The minimum absolute atomic E-state index is 0.101. The van der Waals surface area contributed by atoms with Gasteiger partial charge in [-0.1, -0.05) is 6.07 Å². The number of hydrogen-bond donors (Lipinski definition) is 1. The highest BCUT2D eigenvalue weighted by atomic mass is 32.1. The van der Waals surface area contributed by atoms with Crippen LogP contribution in [-0.4, -0.2) is 15.7 Å². The van der Waals surface area contributed by atoms with Crippen molar-refractivity contribution in [3.63, 3.8) is 0 Å². The summed E-state index contributed by atoms with van der Waals surface area (Å²) in [5, 5.41) is 9.44. The van der Waals surface area contributed by atoms with E-state index in [1.807, 2.05) is 35.4 Å². The van der Waals surface area contributed by atoms with Gasteiger partial charge in [0.05, 0.1) is 18.7 Å². The average Bonchev–Trinajstić information content (AvgIpc) is 3.01. The molecule has 1 aliphatic rings. The molecule has 1 atom stereocenters. The Morgan fingerprint density at radius 2 is 2.53 bits per heavy atom. The topological polar surface area (TPSA) is 46.9 Å². The van der Waals surface area contributed by atoms with Crippen molar-refractivity contribution >= 4 is 17.2 Å². The molecule has 1 N–H and O–H groups in total. The number of thiophene rings is 1. The number of aryl methyl sites for hydroxylation is 1. The molecule has 0 saturated heterocycles. The second-order valence-corrected chi connectivity index (χ2v) is 5.97. The molecule has 100 valence electrons. The third kappa shape index (κ3) is 2.56. The smallest absolute Gasteiger partial charge is 0.225 e. The van der Waals surface area contributed by atoms with Crippen LogP contribution in [0.3, 0.4) is 0 Å². The maximum atomic E-state index is 12.1. The highest BCUT2D eigenvalue weighted by Crippen LogP contribution is 2.29. The molecule has 19 heavy (non-hydrogen) atoms. The zero-order valence-electron chi connectivity index (χ0n) is 10.9. The summed E-state index contributed by atoms with van der Waals surface area (Å²) in [4.78, 5) is 13.2. The van der Waals surface area contributed by atoms with Gasteiger partial charge in [-0.3, -0.25) is 9.48 Å². The number of carbonyl (C=O) groups excluding carboxylic acids is 1. The Morgan fingerprint density at radius 1 is 1.63 bits per heavy atom. The van der Waals surface area contributed by atoms with Crippen LogP contribution in [0.2, 0.25) is 0 Å². The van der Waals surface area contributed by atoms with E-state index in [9.17, 15) is 4.79 Å². The fourth-order valence-corrected chi connectivity index (χ4v) is 3.38. The van der Waals surface area contributed by atoms with Gasteiger partial charge in [-0.25, -0.2) is 0 Å². The number of hydrogen-bond acceptors (Lipinski definition) is 3. The van der Waals surface area contributed by atoms with Gasteiger partial charge in [0.25, 0.3) is 0 Å². The number of amides is 1. The molecule has 0 unspecified atom stereocenters. The molecule has 2 aromatic rings. The molecule has 2 aromatic heterocycles. The zero-order valence-corrected chi connectivity index (χ0v) is 11.7. The van der Waals surface area contributed by atoms with Gasteiger partial charge in [0.2, 0.25) is 5.91 Å². The molecule has 0 aliphatic heterocycles. The Labute approximate surface area is 116 Å². The molecule has 2 heterocycles. The number of nitrogens with zero attached hydrogens (tertiary/aromatic N) is 2. The van der Waals surface area contributed by atoms with E-state index in [1.54, 1.807) is 11.3 Å². The van der Waals surface area contributed by atoms with Crippen molar-refractivity contribution in [3.8, 4) is 0 Å². The van der Waals surface area contributed by atoms with Gasteiger partial charge in [-0.2, -0.15) is 5.10 Å². The highest BCUT2D eigenvalue weighted by Gasteiger charge is 2.24. The normalized spacial score (nSPS) is 18.1. The molecule has 5 heteroatoms. The molecule has 1 aliphatic carbocycles. The van der Waals surface area contributed by atoms with Gasteiger partial charge in [-0.15, -0.1) is 11.3 Å². The Bertz CT molecular complexity index is 574. The van der Waals surface area contributed by atoms with Gasteiger partial charge < -0.3 is 5.32 Å². The lowest BCUT2D eigenvalue weighted by atomic mass is 9.93. The number of rotatable bonds is 3. The second-order valence-electron chi connectivity index (χ2n) is 4.94. The standard InChI is InChI=1S/C14H17N3OS/c1-17-13-6-2-5-12(11(13)9-15-17)16-14(18)8-10-4-3-7-19-10/h3-4,7,9,12H,2,5-6,8H2,1H3,(H,16,18)/t12-/m0/s1. The van der Waals surface area contributed by atoms with E-state index in [0.29, 0.717) is 6.42 Å². The third-order valence-electron chi connectivity index (χ3n) is 3.63. The molecule has 0 radical (unpaired) electrons. The van der Waals surface area contributed by atoms with Gasteiger partial charge >= 0.3 is 0 Å². The van der Waals surface area contributed by atoms with Crippen LogP contribution >= 0.6 is 11.3 Å². The fraction of sp³-hybridized carbons (Fsp3) is 0.429. The highest BCUT2D eigenvalue weighted by molar-refractivity contribution is 7.10. The lowest BCUT2D eigenvalue weighted by Crippen LogP contribution is -2.31. The summed E-state index contributed by atoms with van der Waals surface area (Å²) in [6.07, 6.45) is 5.54. The predicted octanol–water partition coefficient (Wildman–Crippen LogP) is 2.22. The van der Waals surface area contributed by atoms with Crippen LogP contribution in [0.25, 0.3) is 0 Å². The molecule has 0 bridgehead atoms. The van der Waals surface area contributed by atoms with Crippen LogP contribution in [0, 0.1) is 0 Å². The number of fused-ring (bicyclic) bond motifs is 1. The monoisotopic (exact) mass is 275 g/mol. The molecule has 3 rings (SSSR count). The lowest BCUT2D eigenvalue weighted by Gasteiger charge is -2.23. The first-order valence-electron chi connectivity index (χ1n) is 6.56. The second kappa shape index (κ2) is 5.17. The van der Waals surface area contributed by atoms with Crippen molar-refractivity contribution in [1.29, 1.82) is 0 Å².